The van der Waals surface area contributed by atoms with Crippen molar-refractivity contribution in [2.75, 3.05) is 0 Å². The number of carboxylic acid groups (broad SMARTS) is 1. The largest absolute Gasteiger partial charge is 0.489 e. The van der Waals surface area contributed by atoms with Crippen LogP contribution in [-0.2, 0) is 16.8 Å². The van der Waals surface area contributed by atoms with E-state index in [0.29, 0.717) is 12.4 Å². The molecule has 0 saturated heterocycles. The van der Waals surface area contributed by atoms with Crippen LogP contribution in [0, 0.1) is 30.1 Å². The highest BCUT2D eigenvalue weighted by Crippen LogP contribution is 2.35. The van der Waals surface area contributed by atoms with Crippen LogP contribution in [0.25, 0.3) is 16.8 Å². The number of aromatic nitrogens is 3. The Hall–Kier alpha value is -4.62. The van der Waals surface area contributed by atoms with Crippen molar-refractivity contribution >= 4 is 11.6 Å². The van der Waals surface area contributed by atoms with Gasteiger partial charge in [-0.15, -0.1) is 5.92 Å². The van der Waals surface area contributed by atoms with Crippen LogP contribution in [-0.4, -0.2) is 25.7 Å². The van der Waals surface area contributed by atoms with Crippen molar-refractivity contribution in [2.45, 2.75) is 71.8 Å². The van der Waals surface area contributed by atoms with Crippen molar-refractivity contribution in [3.63, 3.8) is 0 Å². The van der Waals surface area contributed by atoms with Crippen LogP contribution in [0.4, 0.5) is 0 Å². The summed E-state index contributed by atoms with van der Waals surface area (Å²) in [6, 6.07) is 17.9. The monoisotopic (exact) mass is 534 g/mol. The van der Waals surface area contributed by atoms with E-state index in [4.69, 9.17) is 14.8 Å². The summed E-state index contributed by atoms with van der Waals surface area (Å²) in [6.45, 7) is 12.0. The molecule has 4 rings (SSSR count). The van der Waals surface area contributed by atoms with Crippen molar-refractivity contribution in [2.24, 2.45) is 0 Å². The van der Waals surface area contributed by atoms with Crippen molar-refractivity contribution < 1.29 is 14.6 Å². The van der Waals surface area contributed by atoms with E-state index in [9.17, 15) is 15.2 Å². The number of ether oxygens (including phenoxy) is 1. The molecule has 0 saturated carbocycles. The van der Waals surface area contributed by atoms with Gasteiger partial charge in [0.1, 0.15) is 12.4 Å². The summed E-state index contributed by atoms with van der Waals surface area (Å²) in [5.74, 6) is 6.13. The maximum atomic E-state index is 11.2. The quantitative estimate of drug-likeness (QED) is 0.237. The Morgan fingerprint density at radius 2 is 1.88 bits per heavy atom. The lowest BCUT2D eigenvalue weighted by Gasteiger charge is -2.21. The fourth-order valence-corrected chi connectivity index (χ4v) is 4.81. The number of carboxylic acids is 1. The predicted molar refractivity (Wildman–Crippen MR) is 155 cm³/mol. The van der Waals surface area contributed by atoms with E-state index in [-0.39, 0.29) is 18.3 Å². The van der Waals surface area contributed by atoms with Gasteiger partial charge in [-0.1, -0.05) is 50.1 Å². The highest BCUT2D eigenvalue weighted by molar-refractivity contribution is 5.81. The Morgan fingerprint density at radius 3 is 2.50 bits per heavy atom. The minimum atomic E-state index is -0.884. The number of hydrogen-bond acceptors (Lipinski definition) is 5. The topological polar surface area (TPSA) is 101 Å². The van der Waals surface area contributed by atoms with Crippen molar-refractivity contribution in [1.82, 2.24) is 14.6 Å². The van der Waals surface area contributed by atoms with Gasteiger partial charge in [-0.2, -0.15) is 10.4 Å². The van der Waals surface area contributed by atoms with Crippen LogP contribution in [0.1, 0.15) is 81.0 Å². The van der Waals surface area contributed by atoms with E-state index in [2.05, 4.69) is 43.9 Å². The number of benzene rings is 2. The SMILES string of the molecule is CC#C[C@@H](CC(=O)O)c1ccc(OCc2cc(-c3cccc(C(C)(C)C#N)c3C)c3nc(C(C)C)nn3c2)cc1. The lowest BCUT2D eigenvalue weighted by atomic mass is 9.81. The zero-order valence-electron chi connectivity index (χ0n) is 23.8. The van der Waals surface area contributed by atoms with E-state index in [1.807, 2.05) is 67.9 Å². The molecule has 7 heteroatoms. The second kappa shape index (κ2) is 11.6. The van der Waals surface area contributed by atoms with Gasteiger partial charge in [0.05, 0.1) is 23.8 Å². The van der Waals surface area contributed by atoms with E-state index >= 15 is 0 Å². The molecule has 2 aromatic heterocycles. The second-order valence-corrected chi connectivity index (χ2v) is 10.8. The molecule has 2 aromatic carbocycles. The molecule has 0 aliphatic heterocycles. The first-order valence-electron chi connectivity index (χ1n) is 13.3. The Kier molecular flexibility index (Phi) is 8.26. The van der Waals surface area contributed by atoms with Gasteiger partial charge in [0.25, 0.3) is 0 Å². The summed E-state index contributed by atoms with van der Waals surface area (Å²) in [5, 5.41) is 23.7. The Morgan fingerprint density at radius 1 is 1.15 bits per heavy atom. The first-order chi connectivity index (χ1) is 19.0. The molecule has 40 heavy (non-hydrogen) atoms. The zero-order valence-corrected chi connectivity index (χ0v) is 23.8. The third kappa shape index (κ3) is 6.00. The number of pyridine rings is 1. The normalized spacial score (nSPS) is 12.1. The number of nitrogens with zero attached hydrogens (tertiary/aromatic N) is 4. The summed E-state index contributed by atoms with van der Waals surface area (Å²) in [7, 11) is 0. The van der Waals surface area contributed by atoms with Crippen molar-refractivity contribution in [3.8, 4) is 34.8 Å². The van der Waals surface area contributed by atoms with Gasteiger partial charge < -0.3 is 9.84 Å². The number of carbonyl (C=O) groups is 1. The van der Waals surface area contributed by atoms with Gasteiger partial charge in [-0.3, -0.25) is 4.79 Å². The third-order valence-corrected chi connectivity index (χ3v) is 6.98. The molecule has 4 aromatic rings. The molecule has 0 bridgehead atoms. The number of nitriles is 1. The standard InChI is InChI=1S/C33H34N4O3/c1-7-9-25(17-30(38)39)24-12-14-26(15-13-24)40-19-23-16-28(32-35-31(21(2)3)36-37(32)18-23)27-10-8-11-29(22(27)4)33(5,6)20-34/h8,10-16,18,21,25H,17,19H2,1-6H3,(H,38,39)/t25-/m0/s1. The number of aliphatic carboxylic acids is 1. The summed E-state index contributed by atoms with van der Waals surface area (Å²) in [5.41, 5.74) is 5.82. The van der Waals surface area contributed by atoms with Crippen molar-refractivity contribution in [1.29, 1.82) is 5.26 Å². The van der Waals surface area contributed by atoms with Crippen LogP contribution < -0.4 is 4.74 Å². The lowest BCUT2D eigenvalue weighted by Crippen LogP contribution is -2.16. The van der Waals surface area contributed by atoms with Gasteiger partial charge in [-0.05, 0) is 68.1 Å². The molecule has 0 aliphatic rings. The molecule has 0 amide bonds. The first kappa shape index (κ1) is 28.4. The molecule has 1 atom stereocenters. The Bertz CT molecular complexity index is 1650. The van der Waals surface area contributed by atoms with Crippen LogP contribution in [0.15, 0.2) is 54.7 Å². The average Bonchev–Trinajstić information content (AvgIpc) is 3.36. The number of rotatable bonds is 9. The molecule has 1 N–H and O–H groups in total. The average molecular weight is 535 g/mol. The molecule has 7 nitrogen and oxygen atoms in total. The van der Waals surface area contributed by atoms with Gasteiger partial charge >= 0.3 is 5.97 Å². The van der Waals surface area contributed by atoms with Crippen LogP contribution in [0.3, 0.4) is 0 Å². The Labute approximate surface area is 235 Å². The molecule has 0 radical (unpaired) electrons. The summed E-state index contributed by atoms with van der Waals surface area (Å²) in [6.07, 6.45) is 1.89. The smallest absolute Gasteiger partial charge is 0.304 e. The molecule has 0 fully saturated rings. The van der Waals surface area contributed by atoms with E-state index in [0.717, 1.165) is 44.9 Å². The highest BCUT2D eigenvalue weighted by atomic mass is 16.5. The van der Waals surface area contributed by atoms with Gasteiger partial charge in [0.15, 0.2) is 11.5 Å². The van der Waals surface area contributed by atoms with Crippen LogP contribution >= 0.6 is 0 Å². The molecule has 0 spiro atoms. The first-order valence-corrected chi connectivity index (χ1v) is 13.3. The minimum Gasteiger partial charge on any atom is -0.489 e. The van der Waals surface area contributed by atoms with Gasteiger partial charge in [-0.25, -0.2) is 9.50 Å². The highest BCUT2D eigenvalue weighted by Gasteiger charge is 2.24. The molecule has 204 valence electrons. The molecule has 0 aliphatic carbocycles. The molecule has 2 heterocycles. The Balaban J connectivity index is 1.70. The predicted octanol–water partition coefficient (Wildman–Crippen LogP) is 6.79. The summed E-state index contributed by atoms with van der Waals surface area (Å²) >= 11 is 0. The fraction of sp³-hybridized carbons (Fsp3) is 0.333. The fourth-order valence-electron chi connectivity index (χ4n) is 4.81. The van der Waals surface area contributed by atoms with Crippen LogP contribution in [0.2, 0.25) is 0 Å². The van der Waals surface area contributed by atoms with Crippen molar-refractivity contribution in [3.05, 3.63) is 82.8 Å². The molecular formula is C33H34N4O3. The number of hydrogen-bond donors (Lipinski definition) is 1. The van der Waals surface area contributed by atoms with Gasteiger partial charge in [0.2, 0.25) is 0 Å². The minimum absolute atomic E-state index is 0.0493. The molecular weight excluding hydrogens is 500 g/mol. The second-order valence-electron chi connectivity index (χ2n) is 10.8. The summed E-state index contributed by atoms with van der Waals surface area (Å²) in [4.78, 5) is 16.1. The van der Waals surface area contributed by atoms with E-state index in [1.165, 1.54) is 0 Å². The maximum absolute atomic E-state index is 11.2. The lowest BCUT2D eigenvalue weighted by molar-refractivity contribution is -0.137. The molecule has 0 unspecified atom stereocenters. The van der Waals surface area contributed by atoms with E-state index < -0.39 is 11.4 Å². The zero-order chi connectivity index (χ0) is 29.0. The maximum Gasteiger partial charge on any atom is 0.304 e. The third-order valence-electron chi connectivity index (χ3n) is 6.98. The summed E-state index contributed by atoms with van der Waals surface area (Å²) < 4.78 is 7.94. The number of fused-ring (bicyclic) bond motifs is 1. The van der Waals surface area contributed by atoms with Gasteiger partial charge in [0, 0.05) is 23.2 Å². The van der Waals surface area contributed by atoms with Crippen LogP contribution in [0.5, 0.6) is 5.75 Å². The van der Waals surface area contributed by atoms with E-state index in [1.54, 1.807) is 6.92 Å².